The molecule has 2 aromatic rings. The van der Waals surface area contributed by atoms with Gasteiger partial charge in [-0.15, -0.1) is 0 Å². The number of fused-ring (bicyclic) bond motifs is 2. The van der Waals surface area contributed by atoms with Crippen molar-refractivity contribution in [3.8, 4) is 0 Å². The van der Waals surface area contributed by atoms with Gasteiger partial charge in [0.2, 0.25) is 5.91 Å². The lowest BCUT2D eigenvalue weighted by Gasteiger charge is -2.27. The van der Waals surface area contributed by atoms with Gasteiger partial charge in [0.15, 0.2) is 0 Å². The summed E-state index contributed by atoms with van der Waals surface area (Å²) in [6, 6.07) is 7.97. The van der Waals surface area contributed by atoms with Gasteiger partial charge in [0, 0.05) is 11.3 Å². The molecular weight excluding hydrogens is 288 g/mol. The van der Waals surface area contributed by atoms with Crippen molar-refractivity contribution in [1.82, 2.24) is 20.6 Å². The van der Waals surface area contributed by atoms with Gasteiger partial charge in [-0.3, -0.25) is 4.79 Å². The molecule has 4 rings (SSSR count). The van der Waals surface area contributed by atoms with Gasteiger partial charge in [0.05, 0.1) is 16.7 Å². The molecule has 120 valence electrons. The molecule has 5 heteroatoms. The molecule has 1 aliphatic carbocycles. The van der Waals surface area contributed by atoms with E-state index in [1.807, 2.05) is 45.0 Å². The van der Waals surface area contributed by atoms with Crippen molar-refractivity contribution in [1.29, 1.82) is 0 Å². The Balaban J connectivity index is 1.64. The molecule has 1 unspecified atom stereocenters. The van der Waals surface area contributed by atoms with E-state index in [2.05, 4.69) is 20.6 Å². The number of benzene rings is 1. The molecule has 1 amide bonds. The minimum atomic E-state index is -0.519. The zero-order valence-corrected chi connectivity index (χ0v) is 13.8. The number of rotatable bonds is 3. The van der Waals surface area contributed by atoms with E-state index in [1.54, 1.807) is 0 Å². The van der Waals surface area contributed by atoms with Crippen LogP contribution >= 0.6 is 0 Å². The molecule has 1 aliphatic heterocycles. The first-order valence-corrected chi connectivity index (χ1v) is 8.24. The molecular formula is C18H22N4O. The van der Waals surface area contributed by atoms with Crippen LogP contribution in [0.2, 0.25) is 0 Å². The van der Waals surface area contributed by atoms with Crippen LogP contribution in [0.25, 0.3) is 10.9 Å². The molecule has 2 heterocycles. The largest absolute Gasteiger partial charge is 0.345 e. The van der Waals surface area contributed by atoms with Crippen molar-refractivity contribution in [3.05, 3.63) is 35.8 Å². The Labute approximate surface area is 135 Å². The van der Waals surface area contributed by atoms with E-state index in [0.29, 0.717) is 11.8 Å². The van der Waals surface area contributed by atoms with Gasteiger partial charge >= 0.3 is 0 Å². The molecule has 1 aromatic heterocycles. The van der Waals surface area contributed by atoms with Crippen molar-refractivity contribution in [2.45, 2.75) is 26.3 Å². The van der Waals surface area contributed by atoms with Gasteiger partial charge in [-0.2, -0.15) is 0 Å². The molecule has 23 heavy (non-hydrogen) atoms. The fourth-order valence-electron chi connectivity index (χ4n) is 3.93. The van der Waals surface area contributed by atoms with Crippen LogP contribution in [0.3, 0.4) is 0 Å². The van der Waals surface area contributed by atoms with Crippen LogP contribution < -0.4 is 10.6 Å². The fraction of sp³-hybridized carbons (Fsp3) is 0.500. The van der Waals surface area contributed by atoms with Crippen molar-refractivity contribution in [3.63, 3.8) is 0 Å². The minimum absolute atomic E-state index is 0.159. The topological polar surface area (TPSA) is 66.9 Å². The highest BCUT2D eigenvalue weighted by Crippen LogP contribution is 2.49. The summed E-state index contributed by atoms with van der Waals surface area (Å²) in [6.45, 7) is 7.88. The molecule has 1 aromatic carbocycles. The van der Waals surface area contributed by atoms with Crippen molar-refractivity contribution < 1.29 is 4.79 Å². The van der Waals surface area contributed by atoms with Crippen LogP contribution in [0.4, 0.5) is 0 Å². The lowest BCUT2D eigenvalue weighted by Crippen LogP contribution is -2.44. The van der Waals surface area contributed by atoms with Gasteiger partial charge in [-0.25, -0.2) is 9.97 Å². The first-order chi connectivity index (χ1) is 11.0. The van der Waals surface area contributed by atoms with E-state index in [0.717, 1.165) is 35.5 Å². The number of hydrogen-bond acceptors (Lipinski definition) is 4. The zero-order chi connectivity index (χ0) is 16.2. The van der Waals surface area contributed by atoms with Crippen LogP contribution in [0, 0.1) is 24.7 Å². The summed E-state index contributed by atoms with van der Waals surface area (Å²) < 4.78 is 0. The number of nitrogens with zero attached hydrogens (tertiary/aromatic N) is 2. The Hall–Kier alpha value is -2.01. The van der Waals surface area contributed by atoms with Gasteiger partial charge in [-0.1, -0.05) is 18.2 Å². The van der Waals surface area contributed by atoms with E-state index in [1.165, 1.54) is 0 Å². The van der Waals surface area contributed by atoms with Gasteiger partial charge in [0.1, 0.15) is 5.82 Å². The maximum Gasteiger partial charge on any atom is 0.224 e. The van der Waals surface area contributed by atoms with Crippen molar-refractivity contribution >= 4 is 16.8 Å². The summed E-state index contributed by atoms with van der Waals surface area (Å²) in [6.07, 6.45) is 0. The van der Waals surface area contributed by atoms with E-state index in [9.17, 15) is 4.79 Å². The molecule has 2 fully saturated rings. The Morgan fingerprint density at radius 1 is 1.22 bits per heavy atom. The molecule has 5 nitrogen and oxygen atoms in total. The first kappa shape index (κ1) is 14.6. The Bertz CT molecular complexity index is 776. The number of carbonyl (C=O) groups is 1. The van der Waals surface area contributed by atoms with Crippen LogP contribution in [0.15, 0.2) is 24.3 Å². The highest BCUT2D eigenvalue weighted by atomic mass is 16.2. The molecule has 3 atom stereocenters. The fourth-order valence-corrected chi connectivity index (χ4v) is 3.93. The Morgan fingerprint density at radius 3 is 2.65 bits per heavy atom. The summed E-state index contributed by atoms with van der Waals surface area (Å²) in [5.41, 5.74) is 1.29. The predicted octanol–water partition coefficient (Wildman–Crippen LogP) is 1.75. The van der Waals surface area contributed by atoms with Crippen LogP contribution in [0.1, 0.15) is 25.4 Å². The molecule has 0 radical (unpaired) electrons. The molecule has 0 bridgehead atoms. The highest BCUT2D eigenvalue weighted by molar-refractivity contribution is 5.86. The van der Waals surface area contributed by atoms with E-state index in [4.69, 9.17) is 0 Å². The lowest BCUT2D eigenvalue weighted by molar-refractivity contribution is -0.124. The number of nitrogens with one attached hydrogen (secondary N) is 2. The molecule has 2 N–H and O–H groups in total. The number of amides is 1. The number of aromatic nitrogens is 2. The number of hydrogen-bond donors (Lipinski definition) is 2. The average Bonchev–Trinajstić information content (AvgIpc) is 2.99. The molecule has 1 saturated heterocycles. The number of aryl methyl sites for hydroxylation is 1. The third-order valence-electron chi connectivity index (χ3n) is 5.14. The minimum Gasteiger partial charge on any atom is -0.345 e. The third kappa shape index (κ3) is 2.39. The molecule has 1 saturated carbocycles. The van der Waals surface area contributed by atoms with Gasteiger partial charge in [0.25, 0.3) is 0 Å². The maximum atomic E-state index is 12.6. The summed E-state index contributed by atoms with van der Waals surface area (Å²) in [7, 11) is 0. The standard InChI is InChI=1S/C18H22N4O/c1-10-20-14-7-5-4-6-11(14)16(21-10)18(2,3)22-17(23)15-12-8-19-9-13(12)15/h4-7,12-13,15,19H,8-9H2,1-3H3,(H,22,23)/t12-,13+,15?. The number of piperidine rings is 1. The zero-order valence-electron chi connectivity index (χ0n) is 13.8. The summed E-state index contributed by atoms with van der Waals surface area (Å²) in [5, 5.41) is 7.56. The normalized spacial score (nSPS) is 26.1. The maximum absolute atomic E-state index is 12.6. The van der Waals surface area contributed by atoms with Crippen LogP contribution in [-0.2, 0) is 10.3 Å². The predicted molar refractivity (Wildman–Crippen MR) is 88.8 cm³/mol. The second-order valence-corrected chi connectivity index (χ2v) is 7.26. The highest BCUT2D eigenvalue weighted by Gasteiger charge is 2.57. The van der Waals surface area contributed by atoms with Crippen molar-refractivity contribution in [2.24, 2.45) is 17.8 Å². The molecule has 2 aliphatic rings. The summed E-state index contributed by atoms with van der Waals surface area (Å²) in [5.74, 6) is 2.11. The number of para-hydroxylation sites is 1. The second-order valence-electron chi connectivity index (χ2n) is 7.26. The average molecular weight is 310 g/mol. The first-order valence-electron chi connectivity index (χ1n) is 8.24. The smallest absolute Gasteiger partial charge is 0.224 e. The van der Waals surface area contributed by atoms with E-state index >= 15 is 0 Å². The third-order valence-corrected chi connectivity index (χ3v) is 5.14. The van der Waals surface area contributed by atoms with Crippen molar-refractivity contribution in [2.75, 3.05) is 13.1 Å². The van der Waals surface area contributed by atoms with Gasteiger partial charge in [-0.05, 0) is 51.8 Å². The van der Waals surface area contributed by atoms with Crippen LogP contribution in [-0.4, -0.2) is 29.0 Å². The lowest BCUT2D eigenvalue weighted by atomic mass is 9.95. The Kier molecular flexibility index (Phi) is 3.17. The summed E-state index contributed by atoms with van der Waals surface area (Å²) in [4.78, 5) is 21.8. The molecule has 0 spiro atoms. The Morgan fingerprint density at radius 2 is 1.91 bits per heavy atom. The SMILES string of the molecule is Cc1nc(C(C)(C)NC(=O)C2[C@H]3CNC[C@@H]23)c2ccccc2n1. The summed E-state index contributed by atoms with van der Waals surface area (Å²) >= 11 is 0. The van der Waals surface area contributed by atoms with Gasteiger partial charge < -0.3 is 10.6 Å². The second kappa shape index (κ2) is 4.99. The number of carbonyl (C=O) groups excluding carboxylic acids is 1. The van der Waals surface area contributed by atoms with E-state index < -0.39 is 5.54 Å². The quantitative estimate of drug-likeness (QED) is 0.906. The monoisotopic (exact) mass is 310 g/mol. The van der Waals surface area contributed by atoms with E-state index in [-0.39, 0.29) is 11.8 Å². The van der Waals surface area contributed by atoms with Crippen LogP contribution in [0.5, 0.6) is 0 Å².